The van der Waals surface area contributed by atoms with Crippen molar-refractivity contribution >= 4 is 23.5 Å². The Bertz CT molecular complexity index is 742. The monoisotopic (exact) mass is 358 g/mol. The number of nitrogens with zero attached hydrogens (tertiary/aromatic N) is 3. The molecule has 25 heavy (non-hydrogen) atoms. The second-order valence-electron chi connectivity index (χ2n) is 6.37. The van der Waals surface area contributed by atoms with Gasteiger partial charge < -0.3 is 10.2 Å². The Labute approximate surface area is 153 Å². The van der Waals surface area contributed by atoms with Crippen molar-refractivity contribution in [3.05, 3.63) is 52.3 Å². The van der Waals surface area contributed by atoms with E-state index >= 15 is 0 Å². The van der Waals surface area contributed by atoms with Gasteiger partial charge in [0.2, 0.25) is 5.95 Å². The molecule has 0 radical (unpaired) electrons. The number of likely N-dealkylation sites (tertiary alicyclic amines) is 1. The number of carbonyl (C=O) groups excluding carboxylic acids is 1. The molecule has 6 heteroatoms. The number of rotatable bonds is 4. The number of nitrogens with one attached hydrogen (secondary N) is 1. The Morgan fingerprint density at radius 2 is 1.88 bits per heavy atom. The zero-order chi connectivity index (χ0) is 17.6. The number of halogens is 1. The molecule has 1 fully saturated rings. The zero-order valence-corrected chi connectivity index (χ0v) is 15.2. The molecule has 1 aliphatic rings. The number of amides is 1. The summed E-state index contributed by atoms with van der Waals surface area (Å²) < 4.78 is 0. The number of anilines is 1. The number of hydrogen-bond donors (Lipinski definition) is 1. The largest absolute Gasteiger partial charge is 0.350 e. The van der Waals surface area contributed by atoms with Gasteiger partial charge >= 0.3 is 0 Å². The molecule has 1 aromatic carbocycles. The van der Waals surface area contributed by atoms with E-state index in [1.165, 1.54) is 12.8 Å². The molecule has 0 saturated carbocycles. The van der Waals surface area contributed by atoms with Crippen molar-refractivity contribution < 1.29 is 4.79 Å². The summed E-state index contributed by atoms with van der Waals surface area (Å²) in [6.07, 6.45) is 4.51. The van der Waals surface area contributed by atoms with Crippen LogP contribution in [0.2, 0.25) is 5.02 Å². The smallest absolute Gasteiger partial charge is 0.272 e. The fraction of sp³-hybridized carbons (Fsp3) is 0.421. The van der Waals surface area contributed by atoms with E-state index in [4.69, 9.17) is 11.6 Å². The molecule has 1 aromatic heterocycles. The minimum Gasteiger partial charge on any atom is -0.350 e. The van der Waals surface area contributed by atoms with Crippen molar-refractivity contribution in [1.29, 1.82) is 0 Å². The van der Waals surface area contributed by atoms with Crippen molar-refractivity contribution in [2.24, 2.45) is 0 Å². The molecule has 1 amide bonds. The van der Waals surface area contributed by atoms with Crippen LogP contribution in [-0.2, 0) is 6.54 Å². The predicted octanol–water partition coefficient (Wildman–Crippen LogP) is 4.07. The van der Waals surface area contributed by atoms with Crippen LogP contribution in [0.5, 0.6) is 0 Å². The van der Waals surface area contributed by atoms with Crippen LogP contribution >= 0.6 is 11.6 Å². The normalized spacial score (nSPS) is 14.9. The minimum absolute atomic E-state index is 0.00630. The summed E-state index contributed by atoms with van der Waals surface area (Å²) in [6.45, 7) is 4.01. The van der Waals surface area contributed by atoms with E-state index in [0.717, 1.165) is 37.2 Å². The van der Waals surface area contributed by atoms with Crippen LogP contribution in [0.4, 0.5) is 5.95 Å². The summed E-state index contributed by atoms with van der Waals surface area (Å²) in [6, 6.07) is 9.40. The Hall–Kier alpha value is -2.14. The highest BCUT2D eigenvalue weighted by Gasteiger charge is 2.19. The first-order valence-electron chi connectivity index (χ1n) is 8.76. The number of benzene rings is 1. The summed E-state index contributed by atoms with van der Waals surface area (Å²) in [7, 11) is 0. The lowest BCUT2D eigenvalue weighted by Gasteiger charge is -2.20. The third-order valence-electron chi connectivity index (χ3n) is 4.36. The second-order valence-corrected chi connectivity index (χ2v) is 6.78. The summed E-state index contributed by atoms with van der Waals surface area (Å²) in [4.78, 5) is 23.5. The van der Waals surface area contributed by atoms with E-state index < -0.39 is 0 Å². The van der Waals surface area contributed by atoms with Gasteiger partial charge in [-0.3, -0.25) is 4.79 Å². The number of carbonyl (C=O) groups is 1. The number of aromatic nitrogens is 2. The average Bonchev–Trinajstić information content (AvgIpc) is 2.89. The lowest BCUT2D eigenvalue weighted by molar-refractivity contribution is 0.0755. The van der Waals surface area contributed by atoms with E-state index in [9.17, 15) is 4.79 Å². The van der Waals surface area contributed by atoms with Crippen LogP contribution in [0.25, 0.3) is 0 Å². The highest BCUT2D eigenvalue weighted by molar-refractivity contribution is 6.31. The molecule has 1 N–H and O–H groups in total. The van der Waals surface area contributed by atoms with Crippen molar-refractivity contribution in [3.8, 4) is 0 Å². The maximum absolute atomic E-state index is 12.8. The maximum atomic E-state index is 12.8. The molecular formula is C19H23ClN4O. The molecule has 0 aliphatic carbocycles. The lowest BCUT2D eigenvalue weighted by atomic mass is 10.2. The Kier molecular flexibility index (Phi) is 5.87. The molecule has 2 aromatic rings. The topological polar surface area (TPSA) is 58.1 Å². The van der Waals surface area contributed by atoms with Gasteiger partial charge in [-0.15, -0.1) is 0 Å². The molecule has 0 spiro atoms. The summed E-state index contributed by atoms with van der Waals surface area (Å²) >= 11 is 6.18. The van der Waals surface area contributed by atoms with Crippen LogP contribution in [0, 0.1) is 6.92 Å². The fourth-order valence-electron chi connectivity index (χ4n) is 3.01. The van der Waals surface area contributed by atoms with E-state index in [-0.39, 0.29) is 5.91 Å². The van der Waals surface area contributed by atoms with Crippen molar-refractivity contribution in [2.45, 2.75) is 39.2 Å². The molecule has 1 saturated heterocycles. The SMILES string of the molecule is Cc1cc(C(=O)N2CCCCCC2)nc(NCc2ccccc2Cl)n1. The van der Waals surface area contributed by atoms with Gasteiger partial charge in [0, 0.05) is 30.4 Å². The van der Waals surface area contributed by atoms with Crippen LogP contribution in [-0.4, -0.2) is 33.9 Å². The molecule has 5 nitrogen and oxygen atoms in total. The minimum atomic E-state index is -0.00630. The molecule has 0 bridgehead atoms. The summed E-state index contributed by atoms with van der Waals surface area (Å²) in [5, 5.41) is 3.87. The maximum Gasteiger partial charge on any atom is 0.272 e. The predicted molar refractivity (Wildman–Crippen MR) is 99.9 cm³/mol. The van der Waals surface area contributed by atoms with Gasteiger partial charge in [0.1, 0.15) is 5.69 Å². The summed E-state index contributed by atoms with van der Waals surface area (Å²) in [5.41, 5.74) is 2.19. The lowest BCUT2D eigenvalue weighted by Crippen LogP contribution is -2.32. The highest BCUT2D eigenvalue weighted by Crippen LogP contribution is 2.17. The van der Waals surface area contributed by atoms with Gasteiger partial charge in [-0.05, 0) is 37.5 Å². The molecule has 132 valence electrons. The van der Waals surface area contributed by atoms with Crippen molar-refractivity contribution in [3.63, 3.8) is 0 Å². The molecule has 0 atom stereocenters. The molecule has 3 rings (SSSR count). The van der Waals surface area contributed by atoms with E-state index in [2.05, 4.69) is 15.3 Å². The number of aryl methyl sites for hydroxylation is 1. The highest BCUT2D eigenvalue weighted by atomic mass is 35.5. The average molecular weight is 359 g/mol. The third kappa shape index (κ3) is 4.69. The number of hydrogen-bond acceptors (Lipinski definition) is 4. The first kappa shape index (κ1) is 17.7. The molecular weight excluding hydrogens is 336 g/mol. The van der Waals surface area contributed by atoms with Crippen LogP contribution in [0.3, 0.4) is 0 Å². The van der Waals surface area contributed by atoms with Gasteiger partial charge in [0.15, 0.2) is 0 Å². The van der Waals surface area contributed by atoms with E-state index in [1.807, 2.05) is 36.1 Å². The van der Waals surface area contributed by atoms with E-state index in [1.54, 1.807) is 6.07 Å². The Morgan fingerprint density at radius 1 is 1.16 bits per heavy atom. The van der Waals surface area contributed by atoms with E-state index in [0.29, 0.717) is 23.2 Å². The second kappa shape index (κ2) is 8.30. The van der Waals surface area contributed by atoms with Gasteiger partial charge in [-0.2, -0.15) is 0 Å². The van der Waals surface area contributed by atoms with Gasteiger partial charge in [0.25, 0.3) is 5.91 Å². The van der Waals surface area contributed by atoms with Crippen LogP contribution in [0.15, 0.2) is 30.3 Å². The Morgan fingerprint density at radius 3 is 2.60 bits per heavy atom. The fourth-order valence-corrected chi connectivity index (χ4v) is 3.21. The zero-order valence-electron chi connectivity index (χ0n) is 14.5. The third-order valence-corrected chi connectivity index (χ3v) is 4.73. The van der Waals surface area contributed by atoms with Gasteiger partial charge in [-0.25, -0.2) is 9.97 Å². The summed E-state index contributed by atoms with van der Waals surface area (Å²) in [5.74, 6) is 0.450. The molecule has 0 unspecified atom stereocenters. The first-order chi connectivity index (χ1) is 12.1. The quantitative estimate of drug-likeness (QED) is 0.895. The van der Waals surface area contributed by atoms with Crippen LogP contribution < -0.4 is 5.32 Å². The van der Waals surface area contributed by atoms with Gasteiger partial charge in [-0.1, -0.05) is 42.6 Å². The van der Waals surface area contributed by atoms with Crippen LogP contribution in [0.1, 0.15) is 47.4 Å². The molecule has 1 aliphatic heterocycles. The van der Waals surface area contributed by atoms with Gasteiger partial charge in [0.05, 0.1) is 0 Å². The first-order valence-corrected chi connectivity index (χ1v) is 9.13. The Balaban J connectivity index is 1.73. The standard InChI is InChI=1S/C19H23ClN4O/c1-14-12-17(18(25)24-10-6-2-3-7-11-24)23-19(22-14)21-13-15-8-4-5-9-16(15)20/h4-5,8-9,12H,2-3,6-7,10-11,13H2,1H3,(H,21,22,23). The molecule has 2 heterocycles. The van der Waals surface area contributed by atoms with Crippen molar-refractivity contribution in [2.75, 3.05) is 18.4 Å². The van der Waals surface area contributed by atoms with Crippen molar-refractivity contribution in [1.82, 2.24) is 14.9 Å².